The number of anilines is 1. The molecule has 0 fully saturated rings. The second kappa shape index (κ2) is 7.32. The summed E-state index contributed by atoms with van der Waals surface area (Å²) in [5, 5.41) is 14.6. The lowest BCUT2D eigenvalue weighted by Gasteiger charge is -2.12. The molecule has 0 radical (unpaired) electrons. The minimum Gasteiger partial charge on any atom is -0.495 e. The van der Waals surface area contributed by atoms with Gasteiger partial charge in [-0.25, -0.2) is 0 Å². The van der Waals surface area contributed by atoms with Gasteiger partial charge in [0.25, 0.3) is 5.91 Å². The Hall–Kier alpha value is -3.00. The summed E-state index contributed by atoms with van der Waals surface area (Å²) < 4.78 is 12.3. The predicted octanol–water partition coefficient (Wildman–Crippen LogP) is 3.35. The summed E-state index contributed by atoms with van der Waals surface area (Å²) in [5.41, 5.74) is 4.12. The number of amides is 1. The average Bonchev–Trinajstić information content (AvgIpc) is 3.21. The van der Waals surface area contributed by atoms with Crippen molar-refractivity contribution in [3.63, 3.8) is 0 Å². The molecule has 0 aliphatic rings. The molecule has 142 valence electrons. The molecule has 0 atom stereocenters. The van der Waals surface area contributed by atoms with Gasteiger partial charge in [0.15, 0.2) is 0 Å². The summed E-state index contributed by atoms with van der Waals surface area (Å²) >= 11 is 6.09. The normalized spacial score (nSPS) is 10.7. The van der Waals surface area contributed by atoms with E-state index in [9.17, 15) is 4.79 Å². The highest BCUT2D eigenvalue weighted by molar-refractivity contribution is 6.32. The number of rotatable bonds is 5. The molecule has 1 amide bonds. The number of halogens is 1. The van der Waals surface area contributed by atoms with E-state index in [4.69, 9.17) is 21.1 Å². The van der Waals surface area contributed by atoms with Gasteiger partial charge < -0.3 is 14.8 Å². The zero-order chi connectivity index (χ0) is 19.7. The second-order valence-electron chi connectivity index (χ2n) is 5.98. The number of carbonyl (C=O) groups is 1. The summed E-state index contributed by atoms with van der Waals surface area (Å²) in [6.45, 7) is 3.86. The molecule has 9 heteroatoms. The third-order valence-corrected chi connectivity index (χ3v) is 4.61. The van der Waals surface area contributed by atoms with Gasteiger partial charge in [0.1, 0.15) is 17.2 Å². The van der Waals surface area contributed by atoms with Crippen LogP contribution >= 0.6 is 11.6 Å². The van der Waals surface area contributed by atoms with Crippen molar-refractivity contribution in [3.8, 4) is 22.8 Å². The van der Waals surface area contributed by atoms with Crippen LogP contribution in [0, 0.1) is 13.8 Å². The van der Waals surface area contributed by atoms with Crippen LogP contribution in [0.1, 0.15) is 21.9 Å². The van der Waals surface area contributed by atoms with Gasteiger partial charge in [0.05, 0.1) is 36.3 Å². The molecular formula is C18H20ClN5O3. The van der Waals surface area contributed by atoms with Crippen LogP contribution < -0.4 is 14.8 Å². The summed E-state index contributed by atoms with van der Waals surface area (Å²) in [5.74, 6) is 0.489. The van der Waals surface area contributed by atoms with Crippen molar-refractivity contribution in [2.75, 3.05) is 19.5 Å². The highest BCUT2D eigenvalue weighted by atomic mass is 35.5. The first-order chi connectivity index (χ1) is 12.8. The van der Waals surface area contributed by atoms with Crippen LogP contribution in [0.3, 0.4) is 0 Å². The molecular weight excluding hydrogens is 370 g/mol. The molecule has 3 aromatic rings. The van der Waals surface area contributed by atoms with Gasteiger partial charge in [0.2, 0.25) is 0 Å². The zero-order valence-electron chi connectivity index (χ0n) is 15.7. The molecule has 0 saturated heterocycles. The molecule has 0 spiro atoms. The first-order valence-corrected chi connectivity index (χ1v) is 8.52. The van der Waals surface area contributed by atoms with Crippen LogP contribution in [-0.2, 0) is 7.05 Å². The van der Waals surface area contributed by atoms with Crippen LogP contribution in [0.25, 0.3) is 11.3 Å². The number of hydrogen-bond acceptors (Lipinski definition) is 5. The number of nitrogens with one attached hydrogen (secondary N) is 2. The minimum absolute atomic E-state index is 0.309. The Balaban J connectivity index is 1.89. The highest BCUT2D eigenvalue weighted by Gasteiger charge is 2.19. The smallest absolute Gasteiger partial charge is 0.273 e. The van der Waals surface area contributed by atoms with E-state index >= 15 is 0 Å². The number of aromatic nitrogens is 4. The van der Waals surface area contributed by atoms with Gasteiger partial charge in [-0.1, -0.05) is 11.6 Å². The van der Waals surface area contributed by atoms with Crippen molar-refractivity contribution < 1.29 is 14.3 Å². The lowest BCUT2D eigenvalue weighted by Crippen LogP contribution is -2.13. The van der Waals surface area contributed by atoms with Gasteiger partial charge in [-0.15, -0.1) is 0 Å². The maximum absolute atomic E-state index is 12.7. The maximum atomic E-state index is 12.7. The van der Waals surface area contributed by atoms with Gasteiger partial charge in [-0.2, -0.15) is 10.2 Å². The second-order valence-corrected chi connectivity index (χ2v) is 6.38. The first-order valence-electron chi connectivity index (χ1n) is 8.14. The quantitative estimate of drug-likeness (QED) is 0.697. The van der Waals surface area contributed by atoms with E-state index in [2.05, 4.69) is 20.6 Å². The van der Waals surface area contributed by atoms with E-state index in [1.54, 1.807) is 22.9 Å². The number of methoxy groups -OCH3 is 2. The van der Waals surface area contributed by atoms with Crippen LogP contribution in [0.5, 0.6) is 11.5 Å². The van der Waals surface area contributed by atoms with Gasteiger partial charge in [-0.3, -0.25) is 14.6 Å². The van der Waals surface area contributed by atoms with Gasteiger partial charge >= 0.3 is 0 Å². The molecule has 8 nitrogen and oxygen atoms in total. The number of H-pyrrole nitrogens is 1. The molecule has 1 aromatic carbocycles. The van der Waals surface area contributed by atoms with Crippen LogP contribution in [0.2, 0.25) is 5.02 Å². The number of benzene rings is 1. The largest absolute Gasteiger partial charge is 0.495 e. The number of aryl methyl sites for hydroxylation is 2. The third-order valence-electron chi connectivity index (χ3n) is 4.31. The molecule has 0 saturated carbocycles. The topological polar surface area (TPSA) is 94.1 Å². The Labute approximate surface area is 161 Å². The molecule has 2 N–H and O–H groups in total. The molecule has 2 heterocycles. The summed E-state index contributed by atoms with van der Waals surface area (Å²) in [4.78, 5) is 12.7. The van der Waals surface area contributed by atoms with Crippen molar-refractivity contribution in [2.45, 2.75) is 13.8 Å². The van der Waals surface area contributed by atoms with E-state index in [0.29, 0.717) is 33.6 Å². The Morgan fingerprint density at radius 2 is 1.89 bits per heavy atom. The van der Waals surface area contributed by atoms with E-state index in [0.717, 1.165) is 17.0 Å². The monoisotopic (exact) mass is 389 g/mol. The van der Waals surface area contributed by atoms with Crippen LogP contribution in [-0.4, -0.2) is 40.1 Å². The fraction of sp³-hybridized carbons (Fsp3) is 0.278. The highest BCUT2D eigenvalue weighted by Crippen LogP contribution is 2.36. The fourth-order valence-electron chi connectivity index (χ4n) is 2.86. The number of carbonyl (C=O) groups excluding carboxylic acids is 1. The molecule has 0 aliphatic heterocycles. The van der Waals surface area contributed by atoms with Crippen molar-refractivity contribution in [2.24, 2.45) is 7.05 Å². The molecule has 3 rings (SSSR count). The first kappa shape index (κ1) is 18.8. The molecule has 0 unspecified atom stereocenters. The third kappa shape index (κ3) is 3.48. The lowest BCUT2D eigenvalue weighted by molar-refractivity contribution is 0.102. The molecule has 0 bridgehead atoms. The molecule has 2 aromatic heterocycles. The summed E-state index contributed by atoms with van der Waals surface area (Å²) in [6, 6.07) is 4.87. The van der Waals surface area contributed by atoms with Crippen molar-refractivity contribution >= 4 is 23.2 Å². The Bertz CT molecular complexity index is 1010. The number of nitrogens with zero attached hydrogens (tertiary/aromatic N) is 3. The predicted molar refractivity (Wildman–Crippen MR) is 103 cm³/mol. The Morgan fingerprint density at radius 1 is 1.19 bits per heavy atom. The van der Waals surface area contributed by atoms with E-state index in [1.807, 2.05) is 20.9 Å². The minimum atomic E-state index is -0.365. The number of aromatic amines is 1. The van der Waals surface area contributed by atoms with Crippen LogP contribution in [0.4, 0.5) is 5.69 Å². The van der Waals surface area contributed by atoms with Gasteiger partial charge in [-0.05, 0) is 19.9 Å². The number of hydrogen-bond donors (Lipinski definition) is 2. The maximum Gasteiger partial charge on any atom is 0.273 e. The summed E-state index contributed by atoms with van der Waals surface area (Å²) in [6.07, 6.45) is 0. The Morgan fingerprint density at radius 3 is 2.48 bits per heavy atom. The standard InChI is InChI=1S/C18H20ClN5O3/c1-9-17(10(2)24(3)23-9)13-7-14(22-21-13)18(25)20-12-8-15(26-4)11(19)6-16(12)27-5/h6-8H,1-5H3,(H,20,25)(H,21,22). The van der Waals surface area contributed by atoms with Crippen molar-refractivity contribution in [1.82, 2.24) is 20.0 Å². The lowest BCUT2D eigenvalue weighted by atomic mass is 10.1. The van der Waals surface area contributed by atoms with Crippen molar-refractivity contribution in [3.05, 3.63) is 40.3 Å². The Kier molecular flexibility index (Phi) is 5.09. The molecule has 0 aliphatic carbocycles. The van der Waals surface area contributed by atoms with E-state index < -0.39 is 0 Å². The SMILES string of the molecule is COc1cc(NC(=O)c2cc(-c3c(C)nn(C)c3C)n[nH]2)c(OC)cc1Cl. The van der Waals surface area contributed by atoms with Gasteiger partial charge in [0, 0.05) is 30.4 Å². The van der Waals surface area contributed by atoms with Crippen LogP contribution in [0.15, 0.2) is 18.2 Å². The van der Waals surface area contributed by atoms with E-state index in [-0.39, 0.29) is 5.91 Å². The summed E-state index contributed by atoms with van der Waals surface area (Å²) in [7, 11) is 4.86. The fourth-order valence-corrected chi connectivity index (χ4v) is 3.09. The number of ether oxygens (including phenoxy) is 2. The van der Waals surface area contributed by atoms with Crippen molar-refractivity contribution in [1.29, 1.82) is 0 Å². The molecule has 27 heavy (non-hydrogen) atoms. The average molecular weight is 390 g/mol. The zero-order valence-corrected chi connectivity index (χ0v) is 16.4. The van der Waals surface area contributed by atoms with E-state index in [1.165, 1.54) is 14.2 Å².